The Hall–Kier alpha value is -3.23. The maximum atomic E-state index is 14.9. The van der Waals surface area contributed by atoms with Gasteiger partial charge in [0.25, 0.3) is 0 Å². The third-order valence-electron chi connectivity index (χ3n) is 6.78. The fraction of sp³-hybridized carbons (Fsp3) is 0.448. The molecule has 3 atom stereocenters. The van der Waals surface area contributed by atoms with Gasteiger partial charge < -0.3 is 25.2 Å². The lowest BCUT2D eigenvalue weighted by Gasteiger charge is -2.42. The number of aliphatic hydroxyl groups is 1. The van der Waals surface area contributed by atoms with E-state index in [1.54, 1.807) is 9.80 Å². The van der Waals surface area contributed by atoms with Gasteiger partial charge in [0.15, 0.2) is 0 Å². The summed E-state index contributed by atoms with van der Waals surface area (Å²) < 4.78 is 16.9. The van der Waals surface area contributed by atoms with E-state index in [0.717, 1.165) is 16.8 Å². The van der Waals surface area contributed by atoms with Crippen molar-refractivity contribution in [3.8, 4) is 11.3 Å². The zero-order valence-corrected chi connectivity index (χ0v) is 21.9. The molecular formula is C29H38FN5O2. The van der Waals surface area contributed by atoms with Crippen LogP contribution in [0.1, 0.15) is 44.6 Å². The number of hydrogen-bond acceptors (Lipinski definition) is 4. The molecule has 2 aromatic carbocycles. The van der Waals surface area contributed by atoms with Crippen molar-refractivity contribution in [3.63, 3.8) is 0 Å². The Kier molecular flexibility index (Phi) is 8.29. The quantitative estimate of drug-likeness (QED) is 0.471. The molecule has 4 rings (SSSR count). The van der Waals surface area contributed by atoms with E-state index >= 15 is 0 Å². The Morgan fingerprint density at radius 2 is 1.81 bits per heavy atom. The molecule has 1 aromatic heterocycles. The summed E-state index contributed by atoms with van der Waals surface area (Å²) >= 11 is 0. The van der Waals surface area contributed by atoms with Gasteiger partial charge in [0.05, 0.1) is 24.4 Å². The van der Waals surface area contributed by atoms with Crippen LogP contribution in [-0.2, 0) is 6.54 Å². The highest BCUT2D eigenvalue weighted by molar-refractivity contribution is 5.75. The number of carbonyl (C=O) groups is 1. The van der Waals surface area contributed by atoms with E-state index < -0.39 is 23.7 Å². The minimum Gasteiger partial charge on any atom is -0.391 e. The molecule has 0 saturated carbocycles. The third-order valence-corrected chi connectivity index (χ3v) is 6.78. The smallest absolute Gasteiger partial charge is 0.320 e. The first-order valence-corrected chi connectivity index (χ1v) is 12.9. The summed E-state index contributed by atoms with van der Waals surface area (Å²) in [6, 6.07) is 19.1. The molecule has 2 heterocycles. The van der Waals surface area contributed by atoms with Gasteiger partial charge in [-0.1, -0.05) is 81.4 Å². The van der Waals surface area contributed by atoms with Gasteiger partial charge >= 0.3 is 6.03 Å². The van der Waals surface area contributed by atoms with Crippen LogP contribution in [0, 0.1) is 5.41 Å². The number of β-amino-alcohol motifs (C(OH)–C–C–N with tert-alkyl or cyclic N) is 1. The second-order valence-corrected chi connectivity index (χ2v) is 10.9. The summed E-state index contributed by atoms with van der Waals surface area (Å²) in [6.45, 7) is 7.01. The number of hydrogen-bond donors (Lipinski definition) is 2. The van der Waals surface area contributed by atoms with Crippen LogP contribution in [0.2, 0.25) is 0 Å². The van der Waals surface area contributed by atoms with Gasteiger partial charge in [-0.15, -0.1) is 0 Å². The number of nitrogens with two attached hydrogens (primary N) is 1. The average molecular weight is 508 g/mol. The molecule has 7 nitrogen and oxygen atoms in total. The molecule has 1 aliphatic rings. The molecule has 198 valence electrons. The fourth-order valence-corrected chi connectivity index (χ4v) is 4.98. The molecule has 1 fully saturated rings. The molecule has 0 aliphatic carbocycles. The molecule has 0 bridgehead atoms. The predicted octanol–water partition coefficient (Wildman–Crippen LogP) is 4.47. The maximum Gasteiger partial charge on any atom is 0.320 e. The molecule has 8 heteroatoms. The minimum atomic E-state index is -1.38. The molecule has 3 aromatic rings. The van der Waals surface area contributed by atoms with Crippen molar-refractivity contribution in [1.29, 1.82) is 0 Å². The van der Waals surface area contributed by atoms with Crippen LogP contribution in [0.5, 0.6) is 0 Å². The second-order valence-electron chi connectivity index (χ2n) is 10.9. The molecule has 1 aliphatic heterocycles. The van der Waals surface area contributed by atoms with E-state index in [1.165, 1.54) is 0 Å². The van der Waals surface area contributed by atoms with Gasteiger partial charge in [-0.05, 0) is 17.4 Å². The molecule has 0 spiro atoms. The standard InChI is InChI=1S/C29H38FN5O2/c1-29(2,3)26(35(18-23(30)16-31)28(37)33-15-14-24(36)19-33)27-32-25(22-12-8-5-9-13-22)20-34(27)17-21-10-6-4-7-11-21/h4-13,20,23-24,26,36H,14-19,31H2,1-3H3/t23-,24+,26+/m1/s1. The Bertz CT molecular complexity index is 1160. The van der Waals surface area contributed by atoms with Crippen molar-refractivity contribution in [2.75, 3.05) is 26.2 Å². The van der Waals surface area contributed by atoms with E-state index in [0.29, 0.717) is 25.3 Å². The average Bonchev–Trinajstić information content (AvgIpc) is 3.50. The van der Waals surface area contributed by atoms with Crippen LogP contribution in [0.15, 0.2) is 66.9 Å². The lowest BCUT2D eigenvalue weighted by Crippen LogP contribution is -2.51. The summed E-state index contributed by atoms with van der Waals surface area (Å²) in [7, 11) is 0. The number of aromatic nitrogens is 2. The van der Waals surface area contributed by atoms with E-state index in [1.807, 2.05) is 75.5 Å². The lowest BCUT2D eigenvalue weighted by molar-refractivity contribution is 0.0688. The third kappa shape index (κ3) is 6.37. The Morgan fingerprint density at radius 3 is 2.38 bits per heavy atom. The minimum absolute atomic E-state index is 0.150. The highest BCUT2D eigenvalue weighted by Crippen LogP contribution is 2.40. The van der Waals surface area contributed by atoms with Crippen LogP contribution in [-0.4, -0.2) is 68.9 Å². The van der Waals surface area contributed by atoms with Crippen LogP contribution < -0.4 is 5.73 Å². The van der Waals surface area contributed by atoms with E-state index in [-0.39, 0.29) is 25.7 Å². The number of halogens is 1. The zero-order chi connectivity index (χ0) is 26.6. The van der Waals surface area contributed by atoms with Crippen molar-refractivity contribution in [2.45, 2.75) is 52.1 Å². The van der Waals surface area contributed by atoms with Gasteiger partial charge in [-0.3, -0.25) is 0 Å². The molecule has 3 N–H and O–H groups in total. The summed E-state index contributed by atoms with van der Waals surface area (Å²) in [6.07, 6.45) is 0.567. The Labute approximate surface area is 218 Å². The summed E-state index contributed by atoms with van der Waals surface area (Å²) in [5.74, 6) is 0.688. The normalized spacial score (nSPS) is 17.6. The van der Waals surface area contributed by atoms with Gasteiger partial charge in [0.2, 0.25) is 0 Å². The second kappa shape index (κ2) is 11.4. The predicted molar refractivity (Wildman–Crippen MR) is 144 cm³/mol. The molecule has 0 radical (unpaired) electrons. The highest BCUT2D eigenvalue weighted by atomic mass is 19.1. The summed E-state index contributed by atoms with van der Waals surface area (Å²) in [5.41, 5.74) is 8.05. The maximum absolute atomic E-state index is 14.9. The molecule has 2 amide bonds. The first-order chi connectivity index (χ1) is 17.7. The number of urea groups is 1. The van der Waals surface area contributed by atoms with Crippen molar-refractivity contribution in [3.05, 3.63) is 78.2 Å². The van der Waals surface area contributed by atoms with Crippen molar-refractivity contribution >= 4 is 6.03 Å². The van der Waals surface area contributed by atoms with E-state index in [2.05, 4.69) is 16.7 Å². The number of nitrogens with zero attached hydrogens (tertiary/aromatic N) is 4. The number of aliphatic hydroxyl groups excluding tert-OH is 1. The van der Waals surface area contributed by atoms with E-state index in [4.69, 9.17) is 10.7 Å². The number of benzene rings is 2. The van der Waals surface area contributed by atoms with Crippen LogP contribution >= 0.6 is 0 Å². The molecule has 0 unspecified atom stereocenters. The Balaban J connectivity index is 1.83. The molecule has 1 saturated heterocycles. The van der Waals surface area contributed by atoms with Crippen molar-refractivity contribution in [1.82, 2.24) is 19.4 Å². The van der Waals surface area contributed by atoms with Crippen LogP contribution in [0.4, 0.5) is 9.18 Å². The molecule has 37 heavy (non-hydrogen) atoms. The van der Waals surface area contributed by atoms with Crippen LogP contribution in [0.25, 0.3) is 11.3 Å². The monoisotopic (exact) mass is 507 g/mol. The Morgan fingerprint density at radius 1 is 1.16 bits per heavy atom. The van der Waals surface area contributed by atoms with E-state index in [9.17, 15) is 14.3 Å². The van der Waals surface area contributed by atoms with Crippen molar-refractivity contribution < 1.29 is 14.3 Å². The number of rotatable bonds is 8. The summed E-state index contributed by atoms with van der Waals surface area (Å²) in [5, 5.41) is 10.1. The SMILES string of the molecule is CC(C)(C)[C@H](c1nc(-c2ccccc2)cn1Cc1ccccc1)N(C[C@H](F)CN)C(=O)N1CC[C@H](O)C1. The van der Waals surface area contributed by atoms with Gasteiger partial charge in [0, 0.05) is 37.9 Å². The summed E-state index contributed by atoms with van der Waals surface area (Å²) in [4.78, 5) is 22.1. The number of imidazole rings is 1. The first kappa shape index (κ1) is 26.8. The number of alkyl halides is 1. The molecular weight excluding hydrogens is 469 g/mol. The highest BCUT2D eigenvalue weighted by Gasteiger charge is 2.41. The zero-order valence-electron chi connectivity index (χ0n) is 21.9. The largest absolute Gasteiger partial charge is 0.391 e. The van der Waals surface area contributed by atoms with Crippen LogP contribution in [0.3, 0.4) is 0 Å². The van der Waals surface area contributed by atoms with Gasteiger partial charge in [-0.2, -0.15) is 0 Å². The lowest BCUT2D eigenvalue weighted by atomic mass is 9.84. The number of likely N-dealkylation sites (tertiary alicyclic amines) is 1. The topological polar surface area (TPSA) is 87.6 Å². The first-order valence-electron chi connectivity index (χ1n) is 12.9. The van der Waals surface area contributed by atoms with Crippen molar-refractivity contribution in [2.24, 2.45) is 11.1 Å². The number of carbonyl (C=O) groups excluding carboxylic acids is 1. The van der Waals surface area contributed by atoms with Gasteiger partial charge in [0.1, 0.15) is 12.0 Å². The number of amides is 2. The fourth-order valence-electron chi connectivity index (χ4n) is 4.98. The van der Waals surface area contributed by atoms with Gasteiger partial charge in [-0.25, -0.2) is 14.2 Å².